The zero-order valence-electron chi connectivity index (χ0n) is 23.6. The Morgan fingerprint density at radius 3 is 1.88 bits per heavy atom. The van der Waals surface area contributed by atoms with E-state index in [9.17, 15) is 28.1 Å². The summed E-state index contributed by atoms with van der Waals surface area (Å²) in [4.78, 5) is 39.7. The van der Waals surface area contributed by atoms with Gasteiger partial charge in [0.1, 0.15) is 12.6 Å². The normalized spacial score (nSPS) is 11.7. The SMILES string of the molecule is CCNC(=O)[C@@H](Cc1ccccc1)N(Cc1ccccc1)C(=O)CN(c1ccc([N+](=O)[O-])cc1)S(=O)(=O)c1ccccc1. The third kappa shape index (κ3) is 7.83. The van der Waals surface area contributed by atoms with Gasteiger partial charge < -0.3 is 10.2 Å². The van der Waals surface area contributed by atoms with Crippen molar-refractivity contribution in [3.8, 4) is 0 Å². The smallest absolute Gasteiger partial charge is 0.269 e. The molecule has 1 atom stereocenters. The van der Waals surface area contributed by atoms with Crippen LogP contribution < -0.4 is 9.62 Å². The number of non-ortho nitro benzene ring substituents is 1. The van der Waals surface area contributed by atoms with Gasteiger partial charge in [0.05, 0.1) is 15.5 Å². The number of benzene rings is 4. The van der Waals surface area contributed by atoms with E-state index in [0.717, 1.165) is 15.4 Å². The average Bonchev–Trinajstić information content (AvgIpc) is 3.03. The van der Waals surface area contributed by atoms with Gasteiger partial charge in [-0.25, -0.2) is 8.42 Å². The van der Waals surface area contributed by atoms with Crippen molar-refractivity contribution in [3.63, 3.8) is 0 Å². The molecule has 0 unspecified atom stereocenters. The predicted molar refractivity (Wildman–Crippen MR) is 164 cm³/mol. The molecule has 4 rings (SSSR count). The average molecular weight is 601 g/mol. The number of carbonyl (C=O) groups excluding carboxylic acids is 2. The first-order valence-electron chi connectivity index (χ1n) is 13.7. The minimum Gasteiger partial charge on any atom is -0.355 e. The molecule has 2 amide bonds. The Hall–Kier alpha value is -5.03. The number of amides is 2. The number of rotatable bonds is 13. The lowest BCUT2D eigenvalue weighted by Gasteiger charge is -2.33. The summed E-state index contributed by atoms with van der Waals surface area (Å²) in [5, 5.41) is 14.1. The van der Waals surface area contributed by atoms with Crippen LogP contribution in [0.15, 0.2) is 120 Å². The van der Waals surface area contributed by atoms with Crippen LogP contribution in [0.25, 0.3) is 0 Å². The van der Waals surface area contributed by atoms with Crippen LogP contribution in [0.3, 0.4) is 0 Å². The number of nitrogens with zero attached hydrogens (tertiary/aromatic N) is 3. The van der Waals surface area contributed by atoms with Gasteiger partial charge in [-0.05, 0) is 42.3 Å². The van der Waals surface area contributed by atoms with Gasteiger partial charge in [0, 0.05) is 31.6 Å². The third-order valence-corrected chi connectivity index (χ3v) is 8.56. The lowest BCUT2D eigenvalue weighted by molar-refractivity contribution is -0.384. The number of sulfonamides is 1. The van der Waals surface area contributed by atoms with Gasteiger partial charge in [-0.3, -0.25) is 24.0 Å². The second-order valence-corrected chi connectivity index (χ2v) is 11.6. The lowest BCUT2D eigenvalue weighted by atomic mass is 10.0. The van der Waals surface area contributed by atoms with Gasteiger partial charge in [-0.15, -0.1) is 0 Å². The van der Waals surface area contributed by atoms with Gasteiger partial charge in [0.25, 0.3) is 15.7 Å². The van der Waals surface area contributed by atoms with Crippen molar-refractivity contribution in [2.24, 2.45) is 0 Å². The van der Waals surface area contributed by atoms with E-state index in [1.807, 2.05) is 60.7 Å². The van der Waals surface area contributed by atoms with E-state index in [1.54, 1.807) is 25.1 Å². The van der Waals surface area contributed by atoms with Crippen LogP contribution in [0.4, 0.5) is 11.4 Å². The molecule has 4 aromatic carbocycles. The molecule has 0 saturated carbocycles. The molecule has 0 aliphatic heterocycles. The summed E-state index contributed by atoms with van der Waals surface area (Å²) >= 11 is 0. The molecule has 0 fully saturated rings. The van der Waals surface area contributed by atoms with Crippen molar-refractivity contribution >= 4 is 33.2 Å². The summed E-state index contributed by atoms with van der Waals surface area (Å²) in [5.74, 6) is -0.989. The van der Waals surface area contributed by atoms with E-state index in [4.69, 9.17) is 0 Å². The molecule has 0 aliphatic rings. The molecule has 1 N–H and O–H groups in total. The highest BCUT2D eigenvalue weighted by atomic mass is 32.2. The quantitative estimate of drug-likeness (QED) is 0.177. The number of likely N-dealkylation sites (N-methyl/N-ethyl adjacent to an activating group) is 1. The Bertz CT molecular complexity index is 1630. The second-order valence-electron chi connectivity index (χ2n) is 9.71. The molecule has 0 aliphatic carbocycles. The topological polar surface area (TPSA) is 130 Å². The van der Waals surface area contributed by atoms with Gasteiger partial charge in [-0.2, -0.15) is 0 Å². The molecule has 0 heterocycles. The van der Waals surface area contributed by atoms with Crippen LogP contribution in [0.2, 0.25) is 0 Å². The number of nitro groups is 1. The zero-order valence-corrected chi connectivity index (χ0v) is 24.4. The molecule has 0 saturated heterocycles. The molecule has 0 radical (unpaired) electrons. The maximum Gasteiger partial charge on any atom is 0.269 e. The van der Waals surface area contributed by atoms with Crippen molar-refractivity contribution in [2.75, 3.05) is 17.4 Å². The van der Waals surface area contributed by atoms with Crippen LogP contribution in [-0.2, 0) is 32.6 Å². The molecule has 10 nitrogen and oxygen atoms in total. The van der Waals surface area contributed by atoms with Crippen molar-refractivity contribution < 1.29 is 22.9 Å². The Morgan fingerprint density at radius 1 is 0.814 bits per heavy atom. The fourth-order valence-corrected chi connectivity index (χ4v) is 6.05. The largest absolute Gasteiger partial charge is 0.355 e. The molecule has 222 valence electrons. The first-order chi connectivity index (χ1) is 20.7. The number of hydrogen-bond donors (Lipinski definition) is 1. The van der Waals surface area contributed by atoms with Crippen molar-refractivity contribution in [3.05, 3.63) is 137 Å². The predicted octanol–water partition coefficient (Wildman–Crippen LogP) is 4.57. The summed E-state index contributed by atoms with van der Waals surface area (Å²) in [7, 11) is -4.29. The Balaban J connectivity index is 1.78. The van der Waals surface area contributed by atoms with Crippen molar-refractivity contribution in [1.29, 1.82) is 0 Å². The Kier molecular flexibility index (Phi) is 10.2. The Morgan fingerprint density at radius 2 is 1.35 bits per heavy atom. The molecule has 0 bridgehead atoms. The highest BCUT2D eigenvalue weighted by molar-refractivity contribution is 7.92. The van der Waals surface area contributed by atoms with Crippen molar-refractivity contribution in [1.82, 2.24) is 10.2 Å². The molecule has 0 aromatic heterocycles. The molecule has 43 heavy (non-hydrogen) atoms. The van der Waals surface area contributed by atoms with Crippen LogP contribution >= 0.6 is 0 Å². The number of carbonyl (C=O) groups is 2. The standard InChI is InChI=1S/C32H32N4O6S/c1-2-33-32(38)30(22-25-12-6-3-7-13-25)34(23-26-14-8-4-9-15-26)31(37)24-35(27-18-20-28(21-19-27)36(39)40)43(41,42)29-16-10-5-11-17-29/h3-21,30H,2,22-24H2,1H3,(H,33,38)/t30-/m1/s1. The van der Waals surface area contributed by atoms with Crippen LogP contribution in [0.1, 0.15) is 18.1 Å². The van der Waals surface area contributed by atoms with E-state index in [1.165, 1.54) is 41.3 Å². The Labute approximate surface area is 250 Å². The fourth-order valence-electron chi connectivity index (χ4n) is 4.62. The highest BCUT2D eigenvalue weighted by Crippen LogP contribution is 2.27. The fraction of sp³-hybridized carbons (Fsp3) is 0.188. The summed E-state index contributed by atoms with van der Waals surface area (Å²) in [6, 6.07) is 30.0. The molecule has 11 heteroatoms. The minimum atomic E-state index is -4.29. The third-order valence-electron chi connectivity index (χ3n) is 6.78. The van der Waals surface area contributed by atoms with Gasteiger partial charge in [-0.1, -0.05) is 78.9 Å². The van der Waals surface area contributed by atoms with E-state index in [-0.39, 0.29) is 35.1 Å². The molecule has 0 spiro atoms. The second kappa shape index (κ2) is 14.2. The van der Waals surface area contributed by atoms with Crippen LogP contribution in [-0.4, -0.2) is 49.2 Å². The number of nitro benzene ring substituents is 1. The summed E-state index contributed by atoms with van der Waals surface area (Å²) < 4.78 is 28.7. The van der Waals surface area contributed by atoms with Gasteiger partial charge in [0.2, 0.25) is 11.8 Å². The maximum atomic E-state index is 14.3. The van der Waals surface area contributed by atoms with E-state index in [0.29, 0.717) is 6.54 Å². The van der Waals surface area contributed by atoms with Crippen molar-refractivity contribution in [2.45, 2.75) is 30.8 Å². The monoisotopic (exact) mass is 600 g/mol. The zero-order chi connectivity index (χ0) is 30.8. The van der Waals surface area contributed by atoms with Crippen LogP contribution in [0.5, 0.6) is 0 Å². The van der Waals surface area contributed by atoms with Gasteiger partial charge >= 0.3 is 0 Å². The summed E-state index contributed by atoms with van der Waals surface area (Å²) in [6.45, 7) is 1.53. The van der Waals surface area contributed by atoms with Gasteiger partial charge in [0.15, 0.2) is 0 Å². The number of nitrogens with one attached hydrogen (secondary N) is 1. The lowest BCUT2D eigenvalue weighted by Crippen LogP contribution is -2.53. The van der Waals surface area contributed by atoms with E-state index >= 15 is 0 Å². The summed E-state index contributed by atoms with van der Waals surface area (Å²) in [5.41, 5.74) is 1.43. The highest BCUT2D eigenvalue weighted by Gasteiger charge is 2.34. The molecular formula is C32H32N4O6S. The number of hydrogen-bond acceptors (Lipinski definition) is 6. The summed E-state index contributed by atoms with van der Waals surface area (Å²) in [6.07, 6.45) is 0.203. The van der Waals surface area contributed by atoms with E-state index < -0.39 is 33.4 Å². The first kappa shape index (κ1) is 30.9. The minimum absolute atomic E-state index is 0.0494. The molecular weight excluding hydrogens is 568 g/mol. The maximum absolute atomic E-state index is 14.3. The van der Waals surface area contributed by atoms with E-state index in [2.05, 4.69) is 5.32 Å². The molecule has 4 aromatic rings. The first-order valence-corrected chi connectivity index (χ1v) is 15.1. The van der Waals surface area contributed by atoms with Crippen LogP contribution in [0, 0.1) is 10.1 Å². The number of anilines is 1.